The summed E-state index contributed by atoms with van der Waals surface area (Å²) in [5.74, 6) is 0. The van der Waals surface area contributed by atoms with E-state index in [0.29, 0.717) is 0 Å². The molecule has 1 nitrogen and oxygen atoms in total. The van der Waals surface area contributed by atoms with Crippen LogP contribution < -0.4 is 15.5 Å². The fraction of sp³-hybridized carbons (Fsp3) is 0.143. The second-order valence-electron chi connectivity index (χ2n) is 6.06. The fourth-order valence-electron chi connectivity index (χ4n) is 2.71. The van der Waals surface area contributed by atoms with Crippen molar-refractivity contribution in [2.45, 2.75) is 6.92 Å². The summed E-state index contributed by atoms with van der Waals surface area (Å²) in [4.78, 5) is 2.12. The summed E-state index contributed by atoms with van der Waals surface area (Å²) in [6.45, 7) is 1.72. The highest BCUT2D eigenvalue weighted by Crippen LogP contribution is 2.43. The molecule has 0 bridgehead atoms. The van der Waals surface area contributed by atoms with E-state index in [-0.39, 0.29) is 0 Å². The summed E-state index contributed by atoms with van der Waals surface area (Å²) in [6.07, 6.45) is 0. The van der Waals surface area contributed by atoms with Crippen molar-refractivity contribution in [3.8, 4) is 11.1 Å². The van der Waals surface area contributed by atoms with Gasteiger partial charge in [-0.25, -0.2) is 0 Å². The van der Waals surface area contributed by atoms with Crippen LogP contribution in [-0.4, -0.2) is 14.1 Å². The predicted molar refractivity (Wildman–Crippen MR) is 112 cm³/mol. The summed E-state index contributed by atoms with van der Waals surface area (Å²) >= 11 is 3.91. The summed E-state index contributed by atoms with van der Waals surface area (Å²) in [5.41, 5.74) is 5.08. The number of hydrogen-bond acceptors (Lipinski definition) is 1. The molecule has 0 aliphatic heterocycles. The molecule has 1 atom stereocenters. The van der Waals surface area contributed by atoms with Gasteiger partial charge in [0.05, 0.1) is 0 Å². The van der Waals surface area contributed by atoms with Gasteiger partial charge in [-0.2, -0.15) is 0 Å². The minimum absolute atomic E-state index is 0.481. The van der Waals surface area contributed by atoms with Gasteiger partial charge < -0.3 is 4.90 Å². The van der Waals surface area contributed by atoms with E-state index in [1.54, 1.807) is 0 Å². The Morgan fingerprint density at radius 3 is 2.00 bits per heavy atom. The molecule has 0 aliphatic carbocycles. The van der Waals surface area contributed by atoms with Crippen LogP contribution >= 0.6 is 22.1 Å². The van der Waals surface area contributed by atoms with E-state index in [1.807, 2.05) is 0 Å². The van der Waals surface area contributed by atoms with E-state index < -0.39 is 6.62 Å². The van der Waals surface area contributed by atoms with Gasteiger partial charge in [-0.05, 0) is 61.8 Å². The van der Waals surface area contributed by atoms with E-state index in [4.69, 9.17) is 0 Å². The third kappa shape index (κ3) is 3.71. The normalized spacial score (nSPS) is 12.0. The minimum Gasteiger partial charge on any atom is -0.378 e. The highest BCUT2D eigenvalue weighted by atomic mass is 79.9. The van der Waals surface area contributed by atoms with Gasteiger partial charge in [0.25, 0.3) is 0 Å². The molecule has 0 spiro atoms. The molecule has 3 rings (SSSR count). The first kappa shape index (κ1) is 17.2. The maximum Gasteiger partial charge on any atom is 0.0361 e. The van der Waals surface area contributed by atoms with Gasteiger partial charge in [0.2, 0.25) is 0 Å². The summed E-state index contributed by atoms with van der Waals surface area (Å²) in [6, 6.07) is 26.1. The topological polar surface area (TPSA) is 3.24 Å². The lowest BCUT2D eigenvalue weighted by Crippen LogP contribution is -2.10. The van der Waals surface area contributed by atoms with Crippen LogP contribution in [0.25, 0.3) is 11.1 Å². The molecule has 0 radical (unpaired) electrons. The van der Waals surface area contributed by atoms with Crippen LogP contribution in [-0.2, 0) is 0 Å². The van der Waals surface area contributed by atoms with Crippen LogP contribution in [0.2, 0.25) is 0 Å². The Bertz CT molecular complexity index is 813. The summed E-state index contributed by atoms with van der Waals surface area (Å²) in [5, 5.41) is 2.73. The number of aryl methyl sites for hydroxylation is 1. The number of hydrogen-bond donors (Lipinski definition) is 0. The van der Waals surface area contributed by atoms with Crippen molar-refractivity contribution in [3.05, 3.63) is 78.4 Å². The number of anilines is 1. The Morgan fingerprint density at radius 1 is 0.792 bits per heavy atom. The van der Waals surface area contributed by atoms with Gasteiger partial charge in [-0.1, -0.05) is 60.7 Å². The van der Waals surface area contributed by atoms with Crippen LogP contribution in [0.15, 0.2) is 72.8 Å². The van der Waals surface area contributed by atoms with Crippen LogP contribution in [0.3, 0.4) is 0 Å². The van der Waals surface area contributed by atoms with Gasteiger partial charge >= 0.3 is 0 Å². The van der Waals surface area contributed by atoms with E-state index in [9.17, 15) is 0 Å². The van der Waals surface area contributed by atoms with Gasteiger partial charge in [0, 0.05) is 26.4 Å². The smallest absolute Gasteiger partial charge is 0.0361 e. The Kier molecular flexibility index (Phi) is 5.38. The molecule has 0 aliphatic rings. The van der Waals surface area contributed by atoms with Crippen molar-refractivity contribution in [1.82, 2.24) is 0 Å². The number of rotatable bonds is 4. The van der Waals surface area contributed by atoms with Crippen molar-refractivity contribution in [2.24, 2.45) is 0 Å². The van der Waals surface area contributed by atoms with Gasteiger partial charge in [0.1, 0.15) is 0 Å². The summed E-state index contributed by atoms with van der Waals surface area (Å²) in [7, 11) is 4.13. The molecule has 0 heterocycles. The van der Waals surface area contributed by atoms with Crippen molar-refractivity contribution < 1.29 is 0 Å². The molecule has 0 fully saturated rings. The molecule has 0 saturated heterocycles. The second-order valence-corrected chi connectivity index (χ2v) is 9.75. The van der Waals surface area contributed by atoms with E-state index >= 15 is 0 Å². The number of benzene rings is 3. The van der Waals surface area contributed by atoms with Crippen LogP contribution in [0.1, 0.15) is 5.56 Å². The molecular weight excluding hydrogens is 377 g/mol. The molecule has 24 heavy (non-hydrogen) atoms. The Morgan fingerprint density at radius 2 is 1.42 bits per heavy atom. The third-order valence-electron chi connectivity index (χ3n) is 4.11. The zero-order valence-electron chi connectivity index (χ0n) is 14.2. The van der Waals surface area contributed by atoms with E-state index in [1.165, 1.54) is 33.0 Å². The molecule has 3 aromatic rings. The highest BCUT2D eigenvalue weighted by molar-refractivity contribution is 9.40. The lowest BCUT2D eigenvalue weighted by Gasteiger charge is -2.16. The summed E-state index contributed by atoms with van der Waals surface area (Å²) < 4.78 is 0. The maximum atomic E-state index is 3.91. The van der Waals surface area contributed by atoms with Gasteiger partial charge in [-0.3, -0.25) is 0 Å². The van der Waals surface area contributed by atoms with Crippen molar-refractivity contribution >= 4 is 38.4 Å². The SMILES string of the molecule is Cc1cc(-c2ccc(N(C)C)cc2)ccc1P(Br)c1ccccc1. The highest BCUT2D eigenvalue weighted by Gasteiger charge is 2.13. The lowest BCUT2D eigenvalue weighted by atomic mass is 10.0. The van der Waals surface area contributed by atoms with Crippen molar-refractivity contribution in [2.75, 3.05) is 19.0 Å². The zero-order chi connectivity index (χ0) is 17.1. The van der Waals surface area contributed by atoms with Crippen molar-refractivity contribution in [1.29, 1.82) is 0 Å². The third-order valence-corrected chi connectivity index (χ3v) is 8.16. The van der Waals surface area contributed by atoms with E-state index in [2.05, 4.69) is 114 Å². The monoisotopic (exact) mass is 397 g/mol. The first-order chi connectivity index (χ1) is 11.6. The fourth-order valence-corrected chi connectivity index (χ4v) is 5.90. The van der Waals surface area contributed by atoms with Gasteiger partial charge in [0.15, 0.2) is 0 Å². The molecule has 0 amide bonds. The van der Waals surface area contributed by atoms with Gasteiger partial charge in [-0.15, -0.1) is 0 Å². The minimum atomic E-state index is -0.481. The molecular formula is C21H21BrNP. The van der Waals surface area contributed by atoms with Crippen LogP contribution in [0, 0.1) is 6.92 Å². The Balaban J connectivity index is 1.89. The average molecular weight is 398 g/mol. The second kappa shape index (κ2) is 7.51. The quantitative estimate of drug-likeness (QED) is 0.527. The van der Waals surface area contributed by atoms with Crippen molar-refractivity contribution in [3.63, 3.8) is 0 Å². The Labute approximate surface area is 153 Å². The lowest BCUT2D eigenvalue weighted by molar-refractivity contribution is 1.13. The van der Waals surface area contributed by atoms with Crippen LogP contribution in [0.5, 0.6) is 0 Å². The average Bonchev–Trinajstić information content (AvgIpc) is 2.62. The molecule has 0 N–H and O–H groups in total. The van der Waals surface area contributed by atoms with E-state index in [0.717, 1.165) is 0 Å². The Hall–Kier alpha value is -1.63. The number of nitrogens with zero attached hydrogens (tertiary/aromatic N) is 1. The molecule has 0 aromatic heterocycles. The predicted octanol–water partition coefficient (Wildman–Crippen LogP) is 5.47. The molecule has 122 valence electrons. The standard InChI is InChI=1S/C21H21BrNP/c1-16-15-18(17-9-12-19(13-10-17)23(2)3)11-14-21(16)24(22)20-7-5-4-6-8-20/h4-15H,1-3H3. The molecule has 3 heteroatoms. The maximum absolute atomic E-state index is 3.91. The first-order valence-electron chi connectivity index (χ1n) is 7.95. The molecule has 3 aromatic carbocycles. The molecule has 1 unspecified atom stereocenters. The largest absolute Gasteiger partial charge is 0.378 e. The van der Waals surface area contributed by atoms with Crippen LogP contribution in [0.4, 0.5) is 5.69 Å². The molecule has 0 saturated carbocycles. The zero-order valence-corrected chi connectivity index (χ0v) is 16.7. The number of halogens is 1. The first-order valence-corrected chi connectivity index (χ1v) is 11.3.